The second-order valence-corrected chi connectivity index (χ2v) is 7.13. The van der Waals surface area contributed by atoms with Gasteiger partial charge < -0.3 is 5.32 Å². The van der Waals surface area contributed by atoms with Crippen LogP contribution in [-0.4, -0.2) is 31.6 Å². The molecule has 0 aliphatic carbocycles. The van der Waals surface area contributed by atoms with Gasteiger partial charge in [0.25, 0.3) is 0 Å². The Labute approximate surface area is 129 Å². The second-order valence-electron chi connectivity index (χ2n) is 5.61. The first kappa shape index (κ1) is 14.3. The van der Waals surface area contributed by atoms with Gasteiger partial charge in [0.2, 0.25) is 0 Å². The van der Waals surface area contributed by atoms with Crippen LogP contribution in [0.1, 0.15) is 17.7 Å². The highest BCUT2D eigenvalue weighted by atomic mass is 35.5. The van der Waals surface area contributed by atoms with Gasteiger partial charge in [0.05, 0.1) is 5.02 Å². The summed E-state index contributed by atoms with van der Waals surface area (Å²) in [6, 6.07) is 8.43. The van der Waals surface area contributed by atoms with Crippen molar-refractivity contribution in [2.45, 2.75) is 19.4 Å². The van der Waals surface area contributed by atoms with Crippen molar-refractivity contribution in [1.29, 1.82) is 0 Å². The number of halogens is 1. The van der Waals surface area contributed by atoms with Crippen LogP contribution in [0.4, 0.5) is 0 Å². The summed E-state index contributed by atoms with van der Waals surface area (Å²) in [5, 5.41) is 5.46. The fourth-order valence-corrected chi connectivity index (χ4v) is 4.54. The third-order valence-corrected chi connectivity index (χ3v) is 5.87. The smallest absolute Gasteiger partial charge is 0.0637 e. The predicted molar refractivity (Wildman–Crippen MR) is 88.8 cm³/mol. The standard InChI is InChI=1S/C16H21ClN2S/c1-18-10-12-6-8-19(9-7-12)11-15-16(17)13-4-2-3-5-14(13)20-15/h2-5,12,18H,6-11H2,1H3. The summed E-state index contributed by atoms with van der Waals surface area (Å²) in [5.74, 6) is 0.842. The van der Waals surface area contributed by atoms with Crippen LogP contribution in [-0.2, 0) is 6.54 Å². The molecule has 108 valence electrons. The molecule has 1 aromatic carbocycles. The average molecular weight is 309 g/mol. The summed E-state index contributed by atoms with van der Waals surface area (Å²) < 4.78 is 1.30. The van der Waals surface area contributed by atoms with Crippen molar-refractivity contribution in [3.05, 3.63) is 34.2 Å². The van der Waals surface area contributed by atoms with E-state index in [1.54, 1.807) is 0 Å². The lowest BCUT2D eigenvalue weighted by molar-refractivity contribution is 0.178. The Kier molecular flexibility index (Phi) is 4.61. The van der Waals surface area contributed by atoms with Crippen LogP contribution in [0.15, 0.2) is 24.3 Å². The van der Waals surface area contributed by atoms with E-state index in [9.17, 15) is 0 Å². The molecular formula is C16H21ClN2S. The largest absolute Gasteiger partial charge is 0.319 e. The molecule has 1 aliphatic rings. The van der Waals surface area contributed by atoms with Crippen molar-refractivity contribution in [1.82, 2.24) is 10.2 Å². The minimum Gasteiger partial charge on any atom is -0.319 e. The van der Waals surface area contributed by atoms with Crippen LogP contribution in [0.5, 0.6) is 0 Å². The van der Waals surface area contributed by atoms with Crippen LogP contribution < -0.4 is 5.32 Å². The van der Waals surface area contributed by atoms with Gasteiger partial charge in [-0.3, -0.25) is 4.90 Å². The molecule has 0 saturated carbocycles. The van der Waals surface area contributed by atoms with Crippen molar-refractivity contribution in [3.8, 4) is 0 Å². The van der Waals surface area contributed by atoms with Crippen LogP contribution in [0.2, 0.25) is 5.02 Å². The number of likely N-dealkylation sites (tertiary alicyclic amines) is 1. The van der Waals surface area contributed by atoms with E-state index in [4.69, 9.17) is 11.6 Å². The zero-order valence-electron chi connectivity index (χ0n) is 11.9. The highest BCUT2D eigenvalue weighted by molar-refractivity contribution is 7.19. The Hall–Kier alpha value is -0.610. The van der Waals surface area contributed by atoms with Crippen LogP contribution >= 0.6 is 22.9 Å². The van der Waals surface area contributed by atoms with Crippen molar-refractivity contribution in [3.63, 3.8) is 0 Å². The van der Waals surface area contributed by atoms with Crippen LogP contribution in [0.25, 0.3) is 10.1 Å². The monoisotopic (exact) mass is 308 g/mol. The van der Waals surface area contributed by atoms with Crippen molar-refractivity contribution < 1.29 is 0 Å². The molecule has 0 radical (unpaired) electrons. The Morgan fingerprint density at radius 2 is 2.05 bits per heavy atom. The number of piperidine rings is 1. The van der Waals surface area contributed by atoms with Crippen LogP contribution in [0.3, 0.4) is 0 Å². The van der Waals surface area contributed by atoms with Crippen molar-refractivity contribution in [2.24, 2.45) is 5.92 Å². The third-order valence-electron chi connectivity index (χ3n) is 4.17. The highest BCUT2D eigenvalue weighted by Gasteiger charge is 2.20. The summed E-state index contributed by atoms with van der Waals surface area (Å²) in [5.41, 5.74) is 0. The van der Waals surface area contributed by atoms with Crippen molar-refractivity contribution in [2.75, 3.05) is 26.7 Å². The number of nitrogens with one attached hydrogen (secondary N) is 1. The molecule has 4 heteroatoms. The SMILES string of the molecule is CNCC1CCN(Cc2sc3ccccc3c2Cl)CC1. The minimum atomic E-state index is 0.842. The molecule has 1 aliphatic heterocycles. The Morgan fingerprint density at radius 3 is 2.75 bits per heavy atom. The maximum atomic E-state index is 6.53. The number of hydrogen-bond donors (Lipinski definition) is 1. The number of thiophene rings is 1. The Balaban J connectivity index is 1.67. The summed E-state index contributed by atoms with van der Waals surface area (Å²) in [6.45, 7) is 4.54. The van der Waals surface area contributed by atoms with E-state index < -0.39 is 0 Å². The zero-order chi connectivity index (χ0) is 13.9. The molecule has 1 aromatic heterocycles. The molecule has 1 fully saturated rings. The molecule has 0 spiro atoms. The van der Waals surface area contributed by atoms with Crippen LogP contribution in [0, 0.1) is 5.92 Å². The van der Waals surface area contributed by atoms with Gasteiger partial charge in [-0.15, -0.1) is 11.3 Å². The van der Waals surface area contributed by atoms with Gasteiger partial charge >= 0.3 is 0 Å². The normalized spacial score (nSPS) is 17.9. The third kappa shape index (κ3) is 3.01. The summed E-state index contributed by atoms with van der Waals surface area (Å²) in [7, 11) is 2.04. The summed E-state index contributed by atoms with van der Waals surface area (Å²) in [6.07, 6.45) is 2.59. The van der Waals surface area contributed by atoms with Gasteiger partial charge in [-0.2, -0.15) is 0 Å². The highest BCUT2D eigenvalue weighted by Crippen LogP contribution is 2.36. The van der Waals surface area contributed by atoms with Gasteiger partial charge in [-0.1, -0.05) is 29.8 Å². The van der Waals surface area contributed by atoms with Gasteiger partial charge in [-0.25, -0.2) is 0 Å². The fourth-order valence-electron chi connectivity index (χ4n) is 3.01. The minimum absolute atomic E-state index is 0.842. The lowest BCUT2D eigenvalue weighted by Gasteiger charge is -2.31. The first-order valence-electron chi connectivity index (χ1n) is 7.31. The van der Waals surface area contributed by atoms with Crippen molar-refractivity contribution >= 4 is 33.0 Å². The second kappa shape index (κ2) is 6.44. The number of fused-ring (bicyclic) bond motifs is 1. The molecule has 0 bridgehead atoms. The quantitative estimate of drug-likeness (QED) is 0.919. The molecule has 2 heterocycles. The van der Waals surface area contributed by atoms with E-state index in [0.717, 1.165) is 24.0 Å². The van der Waals surface area contributed by atoms with E-state index in [2.05, 4.69) is 34.5 Å². The number of nitrogens with zero attached hydrogens (tertiary/aromatic N) is 1. The van der Waals surface area contributed by atoms with E-state index in [-0.39, 0.29) is 0 Å². The molecular weight excluding hydrogens is 288 g/mol. The molecule has 0 atom stereocenters. The molecule has 2 aromatic rings. The lowest BCUT2D eigenvalue weighted by atomic mass is 9.97. The number of benzene rings is 1. The maximum absolute atomic E-state index is 6.53. The zero-order valence-corrected chi connectivity index (χ0v) is 13.4. The number of hydrogen-bond acceptors (Lipinski definition) is 3. The van der Waals surface area contributed by atoms with Gasteiger partial charge in [0.15, 0.2) is 0 Å². The topological polar surface area (TPSA) is 15.3 Å². The first-order valence-corrected chi connectivity index (χ1v) is 8.50. The first-order chi connectivity index (χ1) is 9.78. The van der Waals surface area contributed by atoms with E-state index in [1.807, 2.05) is 18.4 Å². The molecule has 0 amide bonds. The molecule has 20 heavy (non-hydrogen) atoms. The van der Waals surface area contributed by atoms with Gasteiger partial charge in [0, 0.05) is 21.5 Å². The number of rotatable bonds is 4. The fraction of sp³-hybridized carbons (Fsp3) is 0.500. The van der Waals surface area contributed by atoms with Gasteiger partial charge in [-0.05, 0) is 51.5 Å². The molecule has 3 rings (SSSR count). The van der Waals surface area contributed by atoms with Gasteiger partial charge in [0.1, 0.15) is 0 Å². The lowest BCUT2D eigenvalue weighted by Crippen LogP contribution is -2.36. The molecule has 2 nitrogen and oxygen atoms in total. The molecule has 1 N–H and O–H groups in total. The van der Waals surface area contributed by atoms with E-state index >= 15 is 0 Å². The molecule has 1 saturated heterocycles. The summed E-state index contributed by atoms with van der Waals surface area (Å²) in [4.78, 5) is 3.86. The summed E-state index contributed by atoms with van der Waals surface area (Å²) >= 11 is 8.37. The average Bonchev–Trinajstić information content (AvgIpc) is 2.79. The molecule has 0 unspecified atom stereocenters. The predicted octanol–water partition coefficient (Wildman–Crippen LogP) is 3.99. The maximum Gasteiger partial charge on any atom is 0.0637 e. The van der Waals surface area contributed by atoms with E-state index in [0.29, 0.717) is 0 Å². The van der Waals surface area contributed by atoms with E-state index in [1.165, 1.54) is 40.9 Å². The Morgan fingerprint density at radius 1 is 1.30 bits per heavy atom. The Bertz CT molecular complexity index is 573.